The van der Waals surface area contributed by atoms with Gasteiger partial charge in [-0.2, -0.15) is 4.31 Å². The lowest BCUT2D eigenvalue weighted by Crippen LogP contribution is -2.30. The Balaban J connectivity index is 1.51. The maximum atomic E-state index is 13.5. The lowest BCUT2D eigenvalue weighted by Gasteiger charge is -2.20. The minimum Gasteiger partial charge on any atom is -0.307 e. The predicted molar refractivity (Wildman–Crippen MR) is 129 cm³/mol. The number of hydrogen-bond acceptors (Lipinski definition) is 6. The number of sulfonamides is 1. The first-order chi connectivity index (χ1) is 15.8. The number of hydrogen-bond donors (Lipinski definition) is 0. The van der Waals surface area contributed by atoms with Crippen LogP contribution >= 0.6 is 11.3 Å². The summed E-state index contributed by atoms with van der Waals surface area (Å²) in [5.41, 5.74) is 2.18. The largest absolute Gasteiger partial charge is 0.307 e. The summed E-state index contributed by atoms with van der Waals surface area (Å²) in [6, 6.07) is 4.99. The molecule has 4 heterocycles. The average molecular weight is 487 g/mol. The first-order valence-corrected chi connectivity index (χ1v) is 13.5. The lowest BCUT2D eigenvalue weighted by molar-refractivity contribution is 0.0993. The maximum Gasteiger partial charge on any atom is 0.268 e. The highest BCUT2D eigenvalue weighted by Gasteiger charge is 2.32. The van der Waals surface area contributed by atoms with Crippen molar-refractivity contribution >= 4 is 43.2 Å². The van der Waals surface area contributed by atoms with Crippen LogP contribution in [0.1, 0.15) is 46.9 Å². The van der Waals surface area contributed by atoms with Gasteiger partial charge in [-0.1, -0.05) is 13.8 Å². The molecule has 0 saturated heterocycles. The quantitative estimate of drug-likeness (QED) is 0.553. The van der Waals surface area contributed by atoms with Crippen molar-refractivity contribution in [2.45, 2.75) is 51.5 Å². The Morgan fingerprint density at radius 2 is 1.94 bits per heavy atom. The van der Waals surface area contributed by atoms with Gasteiger partial charge in [-0.15, -0.1) is 11.3 Å². The molecule has 5 rings (SSSR count). The Bertz CT molecular complexity index is 1450. The summed E-state index contributed by atoms with van der Waals surface area (Å²) in [6.45, 7) is 7.41. The summed E-state index contributed by atoms with van der Waals surface area (Å²) < 4.78 is 28.9. The predicted octanol–water partition coefficient (Wildman–Crippen LogP) is 2.95. The van der Waals surface area contributed by atoms with E-state index in [1.165, 1.54) is 15.6 Å². The minimum atomic E-state index is -3.56. The van der Waals surface area contributed by atoms with Crippen molar-refractivity contribution in [3.8, 4) is 0 Å². The van der Waals surface area contributed by atoms with Gasteiger partial charge in [0.25, 0.3) is 11.5 Å². The van der Waals surface area contributed by atoms with Crippen molar-refractivity contribution in [3.05, 3.63) is 50.4 Å². The molecule has 0 fully saturated rings. The smallest absolute Gasteiger partial charge is 0.268 e. The molecule has 0 atom stereocenters. The molecule has 0 unspecified atom stereocenters. The zero-order valence-corrected chi connectivity index (χ0v) is 20.6. The van der Waals surface area contributed by atoms with Crippen molar-refractivity contribution in [2.75, 3.05) is 24.5 Å². The van der Waals surface area contributed by atoms with E-state index in [9.17, 15) is 18.0 Å². The number of carbonyl (C=O) groups is 1. The highest BCUT2D eigenvalue weighted by molar-refractivity contribution is 7.89. The Labute approximate surface area is 196 Å². The molecule has 33 heavy (non-hydrogen) atoms. The molecule has 0 aliphatic carbocycles. The number of rotatable bonds is 5. The van der Waals surface area contributed by atoms with Crippen LogP contribution in [0, 0.1) is 6.92 Å². The van der Waals surface area contributed by atoms with Gasteiger partial charge in [0.15, 0.2) is 0 Å². The number of benzene rings is 1. The van der Waals surface area contributed by atoms with Crippen LogP contribution in [0.25, 0.3) is 10.2 Å². The van der Waals surface area contributed by atoms with Gasteiger partial charge in [0, 0.05) is 38.3 Å². The van der Waals surface area contributed by atoms with Gasteiger partial charge in [-0.05, 0) is 49.1 Å². The second kappa shape index (κ2) is 8.03. The highest BCUT2D eigenvalue weighted by atomic mass is 32.2. The summed E-state index contributed by atoms with van der Waals surface area (Å²) in [6.07, 6.45) is 2.28. The Morgan fingerprint density at radius 1 is 1.18 bits per heavy atom. The van der Waals surface area contributed by atoms with Gasteiger partial charge in [0.2, 0.25) is 10.0 Å². The minimum absolute atomic E-state index is 0.0617. The molecule has 1 amide bonds. The number of fused-ring (bicyclic) bond motifs is 3. The summed E-state index contributed by atoms with van der Waals surface area (Å²) >= 11 is 1.27. The lowest BCUT2D eigenvalue weighted by atomic mass is 10.1. The van der Waals surface area contributed by atoms with E-state index in [1.54, 1.807) is 27.7 Å². The molecule has 174 valence electrons. The molecule has 3 aromatic rings. The van der Waals surface area contributed by atoms with E-state index in [-0.39, 0.29) is 16.4 Å². The fraction of sp³-hybridized carbons (Fsp3) is 0.435. The zero-order chi connectivity index (χ0) is 23.5. The molecule has 0 N–H and O–H groups in total. The second-order valence-electron chi connectivity index (χ2n) is 8.41. The van der Waals surface area contributed by atoms with Crippen LogP contribution < -0.4 is 10.5 Å². The summed E-state index contributed by atoms with van der Waals surface area (Å²) in [4.78, 5) is 34.2. The van der Waals surface area contributed by atoms with E-state index >= 15 is 0 Å². The molecular weight excluding hydrogens is 460 g/mol. The molecule has 0 radical (unpaired) electrons. The van der Waals surface area contributed by atoms with Gasteiger partial charge in [-0.25, -0.2) is 13.4 Å². The van der Waals surface area contributed by atoms with E-state index < -0.39 is 10.0 Å². The van der Waals surface area contributed by atoms with Crippen LogP contribution in [-0.4, -0.2) is 47.8 Å². The standard InChI is InChI=1S/C23H26N4O4S2/c1-4-25(5-2)33(30,31)16-8-9-17-15(13-16)10-12-26(17)23(29)20-14(3)19-21(32-20)24-18-7-6-11-27(18)22(19)28/h8-9,13H,4-7,10-12H2,1-3H3. The third-order valence-corrected chi connectivity index (χ3v) is 9.86. The SMILES string of the molecule is CCN(CC)S(=O)(=O)c1ccc2c(c1)CCN2C(=O)c1sc2nc3n(c(=O)c2c1C)CCC3. The van der Waals surface area contributed by atoms with E-state index in [0.29, 0.717) is 53.3 Å². The molecule has 2 aliphatic heterocycles. The zero-order valence-electron chi connectivity index (χ0n) is 18.9. The van der Waals surface area contributed by atoms with E-state index in [4.69, 9.17) is 0 Å². The van der Waals surface area contributed by atoms with Crippen molar-refractivity contribution < 1.29 is 13.2 Å². The molecule has 10 heteroatoms. The van der Waals surface area contributed by atoms with Crippen LogP contribution in [0.15, 0.2) is 27.9 Å². The summed E-state index contributed by atoms with van der Waals surface area (Å²) in [7, 11) is -3.56. The number of nitrogens with zero attached hydrogens (tertiary/aromatic N) is 4. The van der Waals surface area contributed by atoms with Crippen LogP contribution in [0.4, 0.5) is 5.69 Å². The third kappa shape index (κ3) is 3.34. The maximum absolute atomic E-state index is 13.5. The Morgan fingerprint density at radius 3 is 2.67 bits per heavy atom. The number of anilines is 1. The summed E-state index contributed by atoms with van der Waals surface area (Å²) in [5.74, 6) is 0.624. The fourth-order valence-electron chi connectivity index (χ4n) is 4.86. The molecule has 1 aromatic carbocycles. The normalized spacial score (nSPS) is 15.5. The monoisotopic (exact) mass is 486 g/mol. The van der Waals surface area contributed by atoms with Crippen molar-refractivity contribution in [1.82, 2.24) is 13.9 Å². The van der Waals surface area contributed by atoms with Gasteiger partial charge >= 0.3 is 0 Å². The molecule has 0 spiro atoms. The van der Waals surface area contributed by atoms with E-state index in [1.807, 2.05) is 20.8 Å². The van der Waals surface area contributed by atoms with E-state index in [2.05, 4.69) is 4.98 Å². The average Bonchev–Trinajstić information content (AvgIpc) is 3.51. The highest BCUT2D eigenvalue weighted by Crippen LogP contribution is 2.35. The van der Waals surface area contributed by atoms with Crippen LogP contribution in [0.3, 0.4) is 0 Å². The van der Waals surface area contributed by atoms with Crippen LogP contribution in [0.5, 0.6) is 0 Å². The van der Waals surface area contributed by atoms with Gasteiger partial charge in [-0.3, -0.25) is 14.2 Å². The number of carbonyl (C=O) groups excluding carboxylic acids is 1. The summed E-state index contributed by atoms with van der Waals surface area (Å²) in [5, 5.41) is 0.536. The first kappa shape index (κ1) is 22.2. The van der Waals surface area contributed by atoms with Gasteiger partial charge in [0.05, 0.1) is 15.2 Å². The molecular formula is C23H26N4O4S2. The van der Waals surface area contributed by atoms with Crippen LogP contribution in [-0.2, 0) is 29.4 Å². The first-order valence-electron chi connectivity index (χ1n) is 11.3. The molecule has 0 bridgehead atoms. The Hall–Kier alpha value is -2.56. The van der Waals surface area contributed by atoms with Gasteiger partial charge < -0.3 is 4.90 Å². The number of aromatic nitrogens is 2. The van der Waals surface area contributed by atoms with Gasteiger partial charge in [0.1, 0.15) is 10.7 Å². The molecule has 8 nitrogen and oxygen atoms in total. The number of amides is 1. The topological polar surface area (TPSA) is 92.6 Å². The van der Waals surface area contributed by atoms with Crippen molar-refractivity contribution in [3.63, 3.8) is 0 Å². The van der Waals surface area contributed by atoms with E-state index in [0.717, 1.165) is 29.9 Å². The Kier molecular flexibility index (Phi) is 5.42. The molecule has 2 aliphatic rings. The number of aryl methyl sites for hydroxylation is 2. The second-order valence-corrected chi connectivity index (χ2v) is 11.3. The van der Waals surface area contributed by atoms with Crippen molar-refractivity contribution in [2.24, 2.45) is 0 Å². The van der Waals surface area contributed by atoms with Crippen LogP contribution in [0.2, 0.25) is 0 Å². The van der Waals surface area contributed by atoms with Crippen molar-refractivity contribution in [1.29, 1.82) is 0 Å². The number of thiophene rings is 1. The molecule has 2 aromatic heterocycles. The third-order valence-electron chi connectivity index (χ3n) is 6.64. The fourth-order valence-corrected chi connectivity index (χ4v) is 7.51. The molecule has 0 saturated carbocycles.